The van der Waals surface area contributed by atoms with Crippen LogP contribution in [0.25, 0.3) is 0 Å². The zero-order chi connectivity index (χ0) is 16.2. The van der Waals surface area contributed by atoms with Gasteiger partial charge in [0.1, 0.15) is 0 Å². The summed E-state index contributed by atoms with van der Waals surface area (Å²) in [4.78, 5) is 14.7. The lowest BCUT2D eigenvalue weighted by atomic mass is 10.1. The Labute approximate surface area is 138 Å². The molecule has 122 valence electrons. The van der Waals surface area contributed by atoms with Crippen molar-refractivity contribution in [3.8, 4) is 0 Å². The Kier molecular flexibility index (Phi) is 4.82. The van der Waals surface area contributed by atoms with Crippen LogP contribution in [0.5, 0.6) is 0 Å². The summed E-state index contributed by atoms with van der Waals surface area (Å²) in [5.41, 5.74) is 2.44. The lowest BCUT2D eigenvalue weighted by Gasteiger charge is -2.25. The molecule has 1 aliphatic rings. The fraction of sp³-hybridized carbons (Fsp3) is 0.421. The van der Waals surface area contributed by atoms with Gasteiger partial charge in [0.15, 0.2) is 0 Å². The maximum absolute atomic E-state index is 12.4. The van der Waals surface area contributed by atoms with Crippen molar-refractivity contribution in [1.82, 2.24) is 14.8 Å². The molecular formula is C19H25N3O. The van der Waals surface area contributed by atoms with Gasteiger partial charge in [0.05, 0.1) is 18.6 Å². The molecular weight excluding hydrogens is 286 g/mol. The number of nitrogens with zero attached hydrogens (tertiary/aromatic N) is 2. The number of nitrogens with one attached hydrogen (secondary N) is 1. The van der Waals surface area contributed by atoms with Gasteiger partial charge in [-0.15, -0.1) is 0 Å². The van der Waals surface area contributed by atoms with Gasteiger partial charge >= 0.3 is 0 Å². The summed E-state index contributed by atoms with van der Waals surface area (Å²) in [5, 5.41) is 3.12. The molecule has 1 aromatic heterocycles. The molecule has 4 heteroatoms. The molecule has 1 aliphatic heterocycles. The van der Waals surface area contributed by atoms with Crippen LogP contribution in [0.1, 0.15) is 43.1 Å². The number of aryl methyl sites for hydroxylation is 1. The SMILES string of the molecule is C[C@@H](NC(=O)CN1CCC[C@@H]1c1cccn1C)c1ccccc1. The van der Waals surface area contributed by atoms with Crippen LogP contribution in [0, 0.1) is 0 Å². The van der Waals surface area contributed by atoms with Crippen LogP contribution < -0.4 is 5.32 Å². The van der Waals surface area contributed by atoms with Gasteiger partial charge in [-0.2, -0.15) is 0 Å². The topological polar surface area (TPSA) is 37.3 Å². The molecule has 1 aromatic carbocycles. The Morgan fingerprint density at radius 1 is 1.26 bits per heavy atom. The summed E-state index contributed by atoms with van der Waals surface area (Å²) < 4.78 is 2.16. The molecule has 2 heterocycles. The van der Waals surface area contributed by atoms with Crippen LogP contribution in [-0.4, -0.2) is 28.5 Å². The second-order valence-electron chi connectivity index (χ2n) is 6.37. The number of aromatic nitrogens is 1. The lowest BCUT2D eigenvalue weighted by molar-refractivity contribution is -0.123. The van der Waals surface area contributed by atoms with Crippen molar-refractivity contribution in [2.75, 3.05) is 13.1 Å². The Morgan fingerprint density at radius 3 is 2.74 bits per heavy atom. The monoisotopic (exact) mass is 311 g/mol. The largest absolute Gasteiger partial charge is 0.353 e. The number of carbonyl (C=O) groups is 1. The minimum Gasteiger partial charge on any atom is -0.353 e. The molecule has 0 radical (unpaired) electrons. The highest BCUT2D eigenvalue weighted by Gasteiger charge is 2.29. The number of rotatable bonds is 5. The molecule has 0 bridgehead atoms. The highest BCUT2D eigenvalue weighted by molar-refractivity contribution is 5.78. The summed E-state index contributed by atoms with van der Waals surface area (Å²) in [5.74, 6) is 0.0995. The minimum atomic E-state index is 0.0415. The fourth-order valence-corrected chi connectivity index (χ4v) is 3.47. The Balaban J connectivity index is 1.60. The molecule has 1 N–H and O–H groups in total. The molecule has 1 fully saturated rings. The van der Waals surface area contributed by atoms with Crippen LogP contribution in [0.2, 0.25) is 0 Å². The molecule has 0 saturated carbocycles. The van der Waals surface area contributed by atoms with E-state index >= 15 is 0 Å². The van der Waals surface area contributed by atoms with Crippen molar-refractivity contribution in [3.63, 3.8) is 0 Å². The van der Waals surface area contributed by atoms with Crippen LogP contribution in [0.3, 0.4) is 0 Å². The Hall–Kier alpha value is -2.07. The first-order valence-electron chi connectivity index (χ1n) is 8.35. The lowest BCUT2D eigenvalue weighted by Crippen LogP contribution is -2.38. The van der Waals surface area contributed by atoms with Crippen molar-refractivity contribution in [2.45, 2.75) is 31.8 Å². The number of hydrogen-bond donors (Lipinski definition) is 1. The van der Waals surface area contributed by atoms with Crippen molar-refractivity contribution in [2.24, 2.45) is 7.05 Å². The average molecular weight is 311 g/mol. The van der Waals surface area contributed by atoms with E-state index in [2.05, 4.69) is 40.2 Å². The molecule has 1 saturated heterocycles. The van der Waals surface area contributed by atoms with Gasteiger partial charge in [0.25, 0.3) is 0 Å². The van der Waals surface area contributed by atoms with Gasteiger partial charge in [-0.1, -0.05) is 30.3 Å². The van der Waals surface area contributed by atoms with E-state index < -0.39 is 0 Å². The zero-order valence-electron chi connectivity index (χ0n) is 13.9. The van der Waals surface area contributed by atoms with Gasteiger partial charge in [-0.25, -0.2) is 0 Å². The van der Waals surface area contributed by atoms with E-state index in [1.54, 1.807) is 0 Å². The van der Waals surface area contributed by atoms with Gasteiger partial charge in [0.2, 0.25) is 5.91 Å². The third-order valence-electron chi connectivity index (χ3n) is 4.71. The van der Waals surface area contributed by atoms with E-state index in [0.29, 0.717) is 12.6 Å². The van der Waals surface area contributed by atoms with Crippen molar-refractivity contribution >= 4 is 5.91 Å². The summed E-state index contributed by atoms with van der Waals surface area (Å²) in [6.07, 6.45) is 4.35. The summed E-state index contributed by atoms with van der Waals surface area (Å²) in [6.45, 7) is 3.49. The van der Waals surface area contributed by atoms with Gasteiger partial charge in [-0.3, -0.25) is 9.69 Å². The third-order valence-corrected chi connectivity index (χ3v) is 4.71. The van der Waals surface area contributed by atoms with E-state index in [1.807, 2.05) is 37.3 Å². The Bertz CT molecular complexity index is 650. The minimum absolute atomic E-state index is 0.0415. The average Bonchev–Trinajstić information content (AvgIpc) is 3.16. The van der Waals surface area contributed by atoms with E-state index in [1.165, 1.54) is 5.69 Å². The molecule has 23 heavy (non-hydrogen) atoms. The number of amides is 1. The summed E-state index contributed by atoms with van der Waals surface area (Å²) in [7, 11) is 2.07. The van der Waals surface area contributed by atoms with Crippen LogP contribution >= 0.6 is 0 Å². The molecule has 2 aromatic rings. The molecule has 0 spiro atoms. The van der Waals surface area contributed by atoms with Crippen molar-refractivity contribution < 1.29 is 4.79 Å². The molecule has 3 rings (SSSR count). The number of hydrogen-bond acceptors (Lipinski definition) is 2. The molecule has 0 unspecified atom stereocenters. The van der Waals surface area contributed by atoms with Crippen LogP contribution in [-0.2, 0) is 11.8 Å². The molecule has 1 amide bonds. The van der Waals surface area contributed by atoms with E-state index in [9.17, 15) is 4.79 Å². The fourth-order valence-electron chi connectivity index (χ4n) is 3.47. The normalized spacial score (nSPS) is 19.7. The van der Waals surface area contributed by atoms with E-state index in [4.69, 9.17) is 0 Å². The molecule has 4 nitrogen and oxygen atoms in total. The Morgan fingerprint density at radius 2 is 2.04 bits per heavy atom. The predicted octanol–water partition coefficient (Wildman–Crippen LogP) is 3.04. The first-order chi connectivity index (χ1) is 11.1. The first kappa shape index (κ1) is 15.8. The standard InChI is InChI=1S/C19H25N3O/c1-15(16-8-4-3-5-9-16)20-19(23)14-22-13-7-11-18(22)17-10-6-12-21(17)2/h3-6,8-10,12,15,18H,7,11,13-14H2,1-2H3,(H,20,23)/t15-,18-/m1/s1. The summed E-state index contributed by atoms with van der Waals surface area (Å²) in [6, 6.07) is 14.7. The number of benzene rings is 1. The van der Waals surface area contributed by atoms with E-state index in [-0.39, 0.29) is 11.9 Å². The maximum Gasteiger partial charge on any atom is 0.234 e. The second-order valence-corrected chi connectivity index (χ2v) is 6.37. The first-order valence-corrected chi connectivity index (χ1v) is 8.35. The van der Waals surface area contributed by atoms with Crippen molar-refractivity contribution in [3.05, 3.63) is 59.9 Å². The molecule has 0 aliphatic carbocycles. The molecule has 2 atom stereocenters. The number of carbonyl (C=O) groups excluding carboxylic acids is 1. The third kappa shape index (κ3) is 3.64. The quantitative estimate of drug-likeness (QED) is 0.921. The smallest absolute Gasteiger partial charge is 0.234 e. The summed E-state index contributed by atoms with van der Waals surface area (Å²) >= 11 is 0. The van der Waals surface area contributed by atoms with Crippen LogP contribution in [0.15, 0.2) is 48.7 Å². The predicted molar refractivity (Wildman–Crippen MR) is 92.0 cm³/mol. The van der Waals surface area contributed by atoms with Gasteiger partial charge in [-0.05, 0) is 44.0 Å². The highest BCUT2D eigenvalue weighted by atomic mass is 16.2. The van der Waals surface area contributed by atoms with Gasteiger partial charge in [0, 0.05) is 18.9 Å². The second kappa shape index (κ2) is 7.01. The number of likely N-dealkylation sites (tertiary alicyclic amines) is 1. The zero-order valence-corrected chi connectivity index (χ0v) is 13.9. The van der Waals surface area contributed by atoms with Crippen molar-refractivity contribution in [1.29, 1.82) is 0 Å². The van der Waals surface area contributed by atoms with E-state index in [0.717, 1.165) is 24.9 Å². The van der Waals surface area contributed by atoms with Crippen LogP contribution in [0.4, 0.5) is 0 Å². The van der Waals surface area contributed by atoms with Gasteiger partial charge < -0.3 is 9.88 Å². The highest BCUT2D eigenvalue weighted by Crippen LogP contribution is 2.31. The maximum atomic E-state index is 12.4.